The second kappa shape index (κ2) is 8.05. The predicted molar refractivity (Wildman–Crippen MR) is 93.7 cm³/mol. The molecule has 2 rings (SSSR count). The van der Waals surface area contributed by atoms with Gasteiger partial charge < -0.3 is 18.9 Å². The van der Waals surface area contributed by atoms with Crippen LogP contribution in [-0.4, -0.2) is 59.6 Å². The van der Waals surface area contributed by atoms with Crippen molar-refractivity contribution in [2.75, 3.05) is 34.1 Å². The third-order valence-electron chi connectivity index (χ3n) is 3.50. The average Bonchev–Trinajstić information content (AvgIpc) is 3.01. The highest BCUT2D eigenvalue weighted by atomic mass is 32.2. The van der Waals surface area contributed by atoms with Crippen molar-refractivity contribution in [3.05, 3.63) is 18.2 Å². The Kier molecular flexibility index (Phi) is 6.08. The van der Waals surface area contributed by atoms with Crippen molar-refractivity contribution < 1.29 is 14.3 Å². The SMILES string of the molecule is CCn1c(SCC(=O)N(C)C)nnc1-c1ccc(OC)c(OC)c1. The van der Waals surface area contributed by atoms with Crippen LogP contribution in [0.15, 0.2) is 23.4 Å². The minimum Gasteiger partial charge on any atom is -0.493 e. The molecule has 0 aliphatic heterocycles. The number of methoxy groups -OCH3 is 2. The highest BCUT2D eigenvalue weighted by Gasteiger charge is 2.16. The quantitative estimate of drug-likeness (QED) is 0.713. The Morgan fingerprint density at radius 1 is 1.21 bits per heavy atom. The van der Waals surface area contributed by atoms with Crippen molar-refractivity contribution in [2.45, 2.75) is 18.6 Å². The van der Waals surface area contributed by atoms with Crippen molar-refractivity contribution in [1.82, 2.24) is 19.7 Å². The first kappa shape index (κ1) is 18.1. The molecule has 0 saturated carbocycles. The van der Waals surface area contributed by atoms with Gasteiger partial charge >= 0.3 is 0 Å². The molecule has 0 N–H and O–H groups in total. The zero-order valence-electron chi connectivity index (χ0n) is 14.6. The fraction of sp³-hybridized carbons (Fsp3) is 0.438. The molecule has 1 heterocycles. The van der Waals surface area contributed by atoms with Gasteiger partial charge in [-0.3, -0.25) is 4.79 Å². The van der Waals surface area contributed by atoms with Crippen LogP contribution in [0, 0.1) is 0 Å². The number of thioether (sulfide) groups is 1. The van der Waals surface area contributed by atoms with Gasteiger partial charge in [0.25, 0.3) is 0 Å². The van der Waals surface area contributed by atoms with E-state index >= 15 is 0 Å². The summed E-state index contributed by atoms with van der Waals surface area (Å²) in [6, 6.07) is 5.62. The molecule has 8 heteroatoms. The van der Waals surface area contributed by atoms with Crippen LogP contribution in [0.1, 0.15) is 6.92 Å². The van der Waals surface area contributed by atoms with E-state index in [4.69, 9.17) is 9.47 Å². The predicted octanol–water partition coefficient (Wildman–Crippen LogP) is 2.16. The number of ether oxygens (including phenoxy) is 2. The first-order chi connectivity index (χ1) is 11.5. The molecule has 24 heavy (non-hydrogen) atoms. The van der Waals surface area contributed by atoms with Gasteiger partial charge in [0.1, 0.15) is 0 Å². The number of carbonyl (C=O) groups is 1. The third kappa shape index (κ3) is 3.81. The number of hydrogen-bond acceptors (Lipinski definition) is 6. The number of rotatable bonds is 7. The van der Waals surface area contributed by atoms with Crippen molar-refractivity contribution in [1.29, 1.82) is 0 Å². The summed E-state index contributed by atoms with van der Waals surface area (Å²) in [5.41, 5.74) is 0.882. The van der Waals surface area contributed by atoms with Gasteiger partial charge in [-0.1, -0.05) is 11.8 Å². The Hall–Kier alpha value is -2.22. The number of aromatic nitrogens is 3. The minimum atomic E-state index is 0.0401. The fourth-order valence-corrected chi connectivity index (χ4v) is 3.11. The van der Waals surface area contributed by atoms with Crippen LogP contribution >= 0.6 is 11.8 Å². The maximum absolute atomic E-state index is 11.8. The molecule has 0 fully saturated rings. The van der Waals surface area contributed by atoms with Crippen LogP contribution in [-0.2, 0) is 11.3 Å². The third-order valence-corrected chi connectivity index (χ3v) is 4.45. The lowest BCUT2D eigenvalue weighted by Crippen LogP contribution is -2.23. The van der Waals surface area contributed by atoms with Gasteiger partial charge in [-0.15, -0.1) is 10.2 Å². The molecule has 0 aliphatic rings. The lowest BCUT2D eigenvalue weighted by molar-refractivity contribution is -0.125. The van der Waals surface area contributed by atoms with E-state index in [0.717, 1.165) is 16.5 Å². The van der Waals surface area contributed by atoms with E-state index in [2.05, 4.69) is 10.2 Å². The molecule has 1 aromatic carbocycles. The maximum atomic E-state index is 11.8. The van der Waals surface area contributed by atoms with Crippen molar-refractivity contribution >= 4 is 17.7 Å². The van der Waals surface area contributed by atoms with Gasteiger partial charge in [-0.05, 0) is 25.1 Å². The van der Waals surface area contributed by atoms with Crippen LogP contribution in [0.4, 0.5) is 0 Å². The average molecular weight is 350 g/mol. The summed E-state index contributed by atoms with van der Waals surface area (Å²) >= 11 is 1.38. The molecule has 1 amide bonds. The normalized spacial score (nSPS) is 10.5. The second-order valence-electron chi connectivity index (χ2n) is 5.20. The molecule has 0 spiro atoms. The summed E-state index contributed by atoms with van der Waals surface area (Å²) in [6.45, 7) is 2.72. The lowest BCUT2D eigenvalue weighted by atomic mass is 10.2. The molecule has 0 saturated heterocycles. The van der Waals surface area contributed by atoms with Gasteiger partial charge in [0.05, 0.1) is 20.0 Å². The summed E-state index contributed by atoms with van der Waals surface area (Å²) in [4.78, 5) is 13.3. The number of carbonyl (C=O) groups excluding carboxylic acids is 1. The molecule has 0 radical (unpaired) electrons. The molecule has 2 aromatic rings. The van der Waals surface area contributed by atoms with Gasteiger partial charge in [0.2, 0.25) is 5.91 Å². The largest absolute Gasteiger partial charge is 0.493 e. The maximum Gasteiger partial charge on any atom is 0.232 e. The topological polar surface area (TPSA) is 69.5 Å². The zero-order valence-corrected chi connectivity index (χ0v) is 15.4. The van der Waals surface area contributed by atoms with E-state index in [-0.39, 0.29) is 5.91 Å². The molecule has 0 aliphatic carbocycles. The van der Waals surface area contributed by atoms with E-state index in [9.17, 15) is 4.79 Å². The monoisotopic (exact) mass is 350 g/mol. The number of amides is 1. The van der Waals surface area contributed by atoms with Crippen LogP contribution in [0.5, 0.6) is 11.5 Å². The number of hydrogen-bond donors (Lipinski definition) is 0. The van der Waals surface area contributed by atoms with E-state index in [1.54, 1.807) is 33.2 Å². The summed E-state index contributed by atoms with van der Waals surface area (Å²) in [6.07, 6.45) is 0. The second-order valence-corrected chi connectivity index (χ2v) is 6.14. The highest BCUT2D eigenvalue weighted by molar-refractivity contribution is 7.99. The Morgan fingerprint density at radius 2 is 1.92 bits per heavy atom. The summed E-state index contributed by atoms with van der Waals surface area (Å²) < 4.78 is 12.6. The van der Waals surface area contributed by atoms with Crippen LogP contribution in [0.3, 0.4) is 0 Å². The lowest BCUT2D eigenvalue weighted by Gasteiger charge is -2.11. The van der Waals surface area contributed by atoms with Gasteiger partial charge in [0, 0.05) is 26.2 Å². The summed E-state index contributed by atoms with van der Waals surface area (Å²) in [5, 5.41) is 9.23. The van der Waals surface area contributed by atoms with Crippen LogP contribution < -0.4 is 9.47 Å². The molecule has 0 atom stereocenters. The Bertz CT molecular complexity index is 715. The number of benzene rings is 1. The first-order valence-electron chi connectivity index (χ1n) is 7.50. The molecule has 0 unspecified atom stereocenters. The molecular formula is C16H22N4O3S. The first-order valence-corrected chi connectivity index (χ1v) is 8.48. The van der Waals surface area contributed by atoms with E-state index in [1.165, 1.54) is 11.8 Å². The van der Waals surface area contributed by atoms with E-state index in [0.29, 0.717) is 23.8 Å². The van der Waals surface area contributed by atoms with E-state index < -0.39 is 0 Å². The Labute approximate surface area is 146 Å². The molecule has 0 bridgehead atoms. The molecule has 7 nitrogen and oxygen atoms in total. The molecule has 1 aromatic heterocycles. The van der Waals surface area contributed by atoms with Gasteiger partial charge in [0.15, 0.2) is 22.5 Å². The van der Waals surface area contributed by atoms with E-state index in [1.807, 2.05) is 29.7 Å². The zero-order chi connectivity index (χ0) is 17.7. The molecular weight excluding hydrogens is 328 g/mol. The summed E-state index contributed by atoms with van der Waals surface area (Å²) in [5.74, 6) is 2.40. The van der Waals surface area contributed by atoms with Crippen molar-refractivity contribution in [3.63, 3.8) is 0 Å². The van der Waals surface area contributed by atoms with Crippen molar-refractivity contribution in [2.24, 2.45) is 0 Å². The van der Waals surface area contributed by atoms with Crippen molar-refractivity contribution in [3.8, 4) is 22.9 Å². The van der Waals surface area contributed by atoms with Crippen LogP contribution in [0.25, 0.3) is 11.4 Å². The smallest absolute Gasteiger partial charge is 0.232 e. The van der Waals surface area contributed by atoms with Crippen LogP contribution in [0.2, 0.25) is 0 Å². The standard InChI is InChI=1S/C16H22N4O3S/c1-6-20-15(11-7-8-12(22-4)13(9-11)23-5)17-18-16(20)24-10-14(21)19(2)3/h7-9H,6,10H2,1-5H3. The molecule has 130 valence electrons. The minimum absolute atomic E-state index is 0.0401. The Morgan fingerprint density at radius 3 is 2.50 bits per heavy atom. The fourth-order valence-electron chi connectivity index (χ4n) is 2.12. The number of nitrogens with zero attached hydrogens (tertiary/aromatic N) is 4. The van der Waals surface area contributed by atoms with Gasteiger partial charge in [-0.2, -0.15) is 0 Å². The summed E-state index contributed by atoms with van der Waals surface area (Å²) in [7, 11) is 6.67. The van der Waals surface area contributed by atoms with Gasteiger partial charge in [-0.25, -0.2) is 0 Å². The highest BCUT2D eigenvalue weighted by Crippen LogP contribution is 2.32. The Balaban J connectivity index is 2.30.